The molecule has 2 aromatic rings. The fourth-order valence-electron chi connectivity index (χ4n) is 6.69. The van der Waals surface area contributed by atoms with E-state index in [9.17, 15) is 4.39 Å². The molecule has 0 bridgehead atoms. The zero-order valence-electron chi connectivity index (χ0n) is 21.9. The molecule has 0 nitrogen and oxygen atoms in total. The van der Waals surface area contributed by atoms with Gasteiger partial charge in [0, 0.05) is 0 Å². The third kappa shape index (κ3) is 8.34. The van der Waals surface area contributed by atoms with E-state index in [1.54, 1.807) is 12.1 Å². The molecule has 0 N–H and O–H groups in total. The Morgan fingerprint density at radius 1 is 0.686 bits per heavy atom. The monoisotopic (exact) mass is 496 g/mol. The first-order valence-corrected chi connectivity index (χ1v) is 15.0. The number of unbranched alkanes of at least 4 members (excludes halogenated alkanes) is 2. The number of hydrogen-bond donors (Lipinski definition) is 0. The van der Waals surface area contributed by atoms with Crippen molar-refractivity contribution in [3.63, 3.8) is 0 Å². The van der Waals surface area contributed by atoms with E-state index in [0.29, 0.717) is 0 Å². The summed E-state index contributed by atoms with van der Waals surface area (Å²) in [5.41, 5.74) is 3.86. The molecule has 0 unspecified atom stereocenters. The molecule has 0 spiro atoms. The predicted octanol–water partition coefficient (Wildman–Crippen LogP) is 10.7. The number of halogens is 2. The molecule has 35 heavy (non-hydrogen) atoms. The van der Waals surface area contributed by atoms with Gasteiger partial charge in [0.05, 0.1) is 5.02 Å². The average Bonchev–Trinajstić information content (AvgIpc) is 2.90. The van der Waals surface area contributed by atoms with Crippen molar-refractivity contribution in [2.75, 3.05) is 0 Å². The Balaban J connectivity index is 1.13. The zero-order valence-corrected chi connectivity index (χ0v) is 22.7. The molecular weight excluding hydrogens is 451 g/mol. The first kappa shape index (κ1) is 26.7. The molecule has 0 atom stereocenters. The number of benzene rings is 2. The SMILES string of the molecule is CCCCC[C@H]1CC[C@H](CC[C@H]2CC[C@H](c3ccc(CCc4ccc(Cl)c(F)c4)cc3)CC2)CC1. The summed E-state index contributed by atoms with van der Waals surface area (Å²) in [6.07, 6.45) is 22.1. The second-order valence-electron chi connectivity index (χ2n) is 11.7. The van der Waals surface area contributed by atoms with Gasteiger partial charge in [-0.3, -0.25) is 0 Å². The van der Waals surface area contributed by atoms with Gasteiger partial charge >= 0.3 is 0 Å². The standard InChI is InChI=1S/C33H46ClF/c1-2-3-4-5-25-6-8-26(9-7-25)10-11-27-14-19-30(20-15-27)31-21-16-28(17-22-31)12-13-29-18-23-32(34)33(35)24-29/h16-18,21-27,30H,2-15,19-20H2,1H3/t25-,26-,27-,30-. The highest BCUT2D eigenvalue weighted by Crippen LogP contribution is 2.40. The third-order valence-corrected chi connectivity index (χ3v) is 9.46. The normalized spacial score (nSPS) is 25.0. The predicted molar refractivity (Wildman–Crippen MR) is 149 cm³/mol. The van der Waals surface area contributed by atoms with Crippen molar-refractivity contribution in [3.05, 3.63) is 70.0 Å². The van der Waals surface area contributed by atoms with Crippen molar-refractivity contribution in [1.29, 1.82) is 0 Å². The van der Waals surface area contributed by atoms with E-state index in [2.05, 4.69) is 31.2 Å². The minimum absolute atomic E-state index is 0.202. The number of aryl methyl sites for hydroxylation is 2. The highest BCUT2D eigenvalue weighted by atomic mass is 35.5. The van der Waals surface area contributed by atoms with Gasteiger partial charge in [0.1, 0.15) is 5.82 Å². The lowest BCUT2D eigenvalue weighted by molar-refractivity contribution is 0.222. The van der Waals surface area contributed by atoms with Crippen molar-refractivity contribution >= 4 is 11.6 Å². The van der Waals surface area contributed by atoms with Crippen LogP contribution in [0.4, 0.5) is 4.39 Å². The van der Waals surface area contributed by atoms with Crippen molar-refractivity contribution in [1.82, 2.24) is 0 Å². The highest BCUT2D eigenvalue weighted by Gasteiger charge is 2.25. The third-order valence-electron chi connectivity index (χ3n) is 9.15. The number of hydrogen-bond acceptors (Lipinski definition) is 0. The summed E-state index contributed by atoms with van der Waals surface area (Å²) in [5.74, 6) is 3.45. The van der Waals surface area contributed by atoms with Crippen LogP contribution in [0, 0.1) is 23.6 Å². The second-order valence-corrected chi connectivity index (χ2v) is 12.1. The molecule has 2 aromatic carbocycles. The van der Waals surface area contributed by atoms with E-state index < -0.39 is 0 Å². The van der Waals surface area contributed by atoms with E-state index in [1.807, 2.05) is 6.07 Å². The van der Waals surface area contributed by atoms with Gasteiger partial charge in [-0.05, 0) is 91.0 Å². The Labute approximate surface area is 219 Å². The van der Waals surface area contributed by atoms with E-state index in [1.165, 1.54) is 101 Å². The van der Waals surface area contributed by atoms with Crippen LogP contribution in [0.5, 0.6) is 0 Å². The van der Waals surface area contributed by atoms with Gasteiger partial charge in [-0.15, -0.1) is 0 Å². The van der Waals surface area contributed by atoms with Crippen LogP contribution in [0.1, 0.15) is 119 Å². The smallest absolute Gasteiger partial charge is 0.142 e. The van der Waals surface area contributed by atoms with Gasteiger partial charge in [-0.1, -0.05) is 113 Å². The molecule has 0 radical (unpaired) electrons. The van der Waals surface area contributed by atoms with Crippen LogP contribution < -0.4 is 0 Å². The molecule has 2 fully saturated rings. The van der Waals surface area contributed by atoms with Crippen LogP contribution >= 0.6 is 11.6 Å². The minimum atomic E-state index is -0.319. The summed E-state index contributed by atoms with van der Waals surface area (Å²) in [4.78, 5) is 0. The molecule has 0 heterocycles. The van der Waals surface area contributed by atoms with Gasteiger partial charge in [-0.25, -0.2) is 4.39 Å². The molecule has 2 aliphatic carbocycles. The van der Waals surface area contributed by atoms with Crippen molar-refractivity contribution in [3.8, 4) is 0 Å². The van der Waals surface area contributed by atoms with Crippen LogP contribution in [0.2, 0.25) is 5.02 Å². The largest absolute Gasteiger partial charge is 0.205 e. The summed E-state index contributed by atoms with van der Waals surface area (Å²) in [6.45, 7) is 2.32. The molecule has 2 aliphatic rings. The van der Waals surface area contributed by atoms with Crippen molar-refractivity contribution in [2.24, 2.45) is 17.8 Å². The summed E-state index contributed by atoms with van der Waals surface area (Å²) in [7, 11) is 0. The van der Waals surface area contributed by atoms with Gasteiger partial charge < -0.3 is 0 Å². The first-order valence-electron chi connectivity index (χ1n) is 14.6. The maximum atomic E-state index is 13.7. The van der Waals surface area contributed by atoms with Gasteiger partial charge in [-0.2, -0.15) is 0 Å². The maximum absolute atomic E-state index is 13.7. The quantitative estimate of drug-likeness (QED) is 0.271. The molecule has 2 heteroatoms. The van der Waals surface area contributed by atoms with E-state index >= 15 is 0 Å². The highest BCUT2D eigenvalue weighted by molar-refractivity contribution is 6.30. The van der Waals surface area contributed by atoms with Crippen LogP contribution in [0.15, 0.2) is 42.5 Å². The van der Waals surface area contributed by atoms with Crippen LogP contribution in [0.3, 0.4) is 0 Å². The Morgan fingerprint density at radius 2 is 1.23 bits per heavy atom. The Bertz CT molecular complexity index is 872. The summed E-state index contributed by atoms with van der Waals surface area (Å²) < 4.78 is 13.7. The zero-order chi connectivity index (χ0) is 24.5. The van der Waals surface area contributed by atoms with E-state index in [-0.39, 0.29) is 10.8 Å². The molecule has 192 valence electrons. The molecule has 0 aromatic heterocycles. The molecule has 0 aliphatic heterocycles. The fourth-order valence-corrected chi connectivity index (χ4v) is 6.81. The van der Waals surface area contributed by atoms with Crippen LogP contribution in [-0.4, -0.2) is 0 Å². The average molecular weight is 497 g/mol. The Morgan fingerprint density at radius 3 is 1.83 bits per heavy atom. The van der Waals surface area contributed by atoms with Gasteiger partial charge in [0.25, 0.3) is 0 Å². The Kier molecular flexibility index (Phi) is 10.6. The lowest BCUT2D eigenvalue weighted by atomic mass is 9.74. The second kappa shape index (κ2) is 13.8. The van der Waals surface area contributed by atoms with Gasteiger partial charge in [0.2, 0.25) is 0 Å². The maximum Gasteiger partial charge on any atom is 0.142 e. The summed E-state index contributed by atoms with van der Waals surface area (Å²) >= 11 is 5.80. The lowest BCUT2D eigenvalue weighted by Crippen LogP contribution is -2.17. The minimum Gasteiger partial charge on any atom is -0.205 e. The molecule has 0 amide bonds. The summed E-state index contributed by atoms with van der Waals surface area (Å²) in [5, 5.41) is 0.202. The first-order chi connectivity index (χ1) is 17.1. The van der Waals surface area contributed by atoms with Crippen LogP contribution in [0.25, 0.3) is 0 Å². The fraction of sp³-hybridized carbons (Fsp3) is 0.636. The van der Waals surface area contributed by atoms with Crippen molar-refractivity contribution < 1.29 is 4.39 Å². The van der Waals surface area contributed by atoms with Crippen molar-refractivity contribution in [2.45, 2.75) is 116 Å². The summed E-state index contributed by atoms with van der Waals surface area (Å²) in [6, 6.07) is 14.4. The molecule has 4 rings (SSSR count). The van der Waals surface area contributed by atoms with E-state index in [0.717, 1.165) is 42.1 Å². The lowest BCUT2D eigenvalue weighted by Gasteiger charge is -2.32. The topological polar surface area (TPSA) is 0 Å². The van der Waals surface area contributed by atoms with E-state index in [4.69, 9.17) is 11.6 Å². The number of rotatable bonds is 11. The molecular formula is C33H46ClF. The Hall–Kier alpha value is -1.34. The molecule has 2 saturated carbocycles. The molecule has 0 saturated heterocycles. The van der Waals surface area contributed by atoms with Gasteiger partial charge in [0.15, 0.2) is 0 Å². The van der Waals surface area contributed by atoms with Crippen LogP contribution in [-0.2, 0) is 12.8 Å².